The van der Waals surface area contributed by atoms with E-state index in [0.29, 0.717) is 6.61 Å². The average Bonchev–Trinajstić information content (AvgIpc) is 3.06. The highest BCUT2D eigenvalue weighted by molar-refractivity contribution is 6.07. The smallest absolute Gasteiger partial charge is 0.234 e. The number of pyridine rings is 1. The first kappa shape index (κ1) is 21.9. The quantitative estimate of drug-likeness (QED) is 0.624. The summed E-state index contributed by atoms with van der Waals surface area (Å²) in [5.41, 5.74) is 4.60. The predicted octanol–water partition coefficient (Wildman–Crippen LogP) is 3.97. The highest BCUT2D eigenvalue weighted by Gasteiger charge is 2.41. The van der Waals surface area contributed by atoms with Gasteiger partial charge in [0, 0.05) is 50.2 Å². The number of amides is 1. The maximum atomic E-state index is 12.4. The zero-order valence-electron chi connectivity index (χ0n) is 19.7. The minimum absolute atomic E-state index is 0.0358. The molecule has 1 fully saturated rings. The second-order valence-electron chi connectivity index (χ2n) is 9.67. The number of fused-ring (bicyclic) bond motifs is 2. The molecule has 6 heteroatoms. The number of aromatic nitrogens is 1. The number of ether oxygens (including phenoxy) is 1. The van der Waals surface area contributed by atoms with Gasteiger partial charge in [-0.25, -0.2) is 0 Å². The van der Waals surface area contributed by atoms with Gasteiger partial charge in [0.25, 0.3) is 0 Å². The van der Waals surface area contributed by atoms with Gasteiger partial charge < -0.3 is 10.1 Å². The summed E-state index contributed by atoms with van der Waals surface area (Å²) in [6.45, 7) is 12.4. The van der Waals surface area contributed by atoms with E-state index in [-0.39, 0.29) is 5.91 Å². The highest BCUT2D eigenvalue weighted by atomic mass is 16.5. The molecule has 33 heavy (non-hydrogen) atoms. The number of hydrogen-bond donors (Lipinski definition) is 1. The second-order valence-corrected chi connectivity index (χ2v) is 9.67. The zero-order valence-corrected chi connectivity index (χ0v) is 19.7. The van der Waals surface area contributed by atoms with Crippen LogP contribution < -0.4 is 10.1 Å². The van der Waals surface area contributed by atoms with Crippen molar-refractivity contribution in [3.63, 3.8) is 0 Å². The number of rotatable bonds is 6. The number of benzene rings is 2. The van der Waals surface area contributed by atoms with Gasteiger partial charge in [0.1, 0.15) is 12.4 Å². The van der Waals surface area contributed by atoms with E-state index < -0.39 is 5.41 Å². The maximum absolute atomic E-state index is 12.4. The van der Waals surface area contributed by atoms with Crippen molar-refractivity contribution in [2.24, 2.45) is 0 Å². The Kier molecular flexibility index (Phi) is 5.81. The van der Waals surface area contributed by atoms with Crippen LogP contribution in [-0.2, 0) is 16.8 Å². The van der Waals surface area contributed by atoms with Crippen molar-refractivity contribution < 1.29 is 9.53 Å². The Morgan fingerprint density at radius 3 is 2.58 bits per heavy atom. The van der Waals surface area contributed by atoms with Crippen LogP contribution in [0.25, 0.3) is 10.9 Å². The first-order chi connectivity index (χ1) is 15.9. The number of anilines is 1. The molecular formula is C27H32N4O2. The number of hydrogen-bond acceptors (Lipinski definition) is 5. The molecule has 0 atom stereocenters. The maximum Gasteiger partial charge on any atom is 0.234 e. The number of nitrogens with zero attached hydrogens (tertiary/aromatic N) is 3. The molecule has 1 N–H and O–H groups in total. The summed E-state index contributed by atoms with van der Waals surface area (Å²) >= 11 is 0. The first-order valence-electron chi connectivity index (χ1n) is 11.8. The first-order valence-corrected chi connectivity index (χ1v) is 11.8. The summed E-state index contributed by atoms with van der Waals surface area (Å²) in [5.74, 6) is 0.855. The molecule has 2 aliphatic rings. The molecular weight excluding hydrogens is 412 g/mol. The van der Waals surface area contributed by atoms with Crippen LogP contribution in [0, 0.1) is 6.92 Å². The number of para-hydroxylation sites is 1. The van der Waals surface area contributed by atoms with E-state index in [4.69, 9.17) is 9.72 Å². The molecule has 0 saturated carbocycles. The van der Waals surface area contributed by atoms with Crippen molar-refractivity contribution >= 4 is 22.5 Å². The molecule has 1 aromatic heterocycles. The van der Waals surface area contributed by atoms with Crippen LogP contribution in [0.3, 0.4) is 0 Å². The lowest BCUT2D eigenvalue weighted by atomic mass is 9.85. The molecule has 3 aromatic rings. The Labute approximate surface area is 195 Å². The number of nitrogens with one attached hydrogen (secondary N) is 1. The SMILES string of the molecule is Cc1ccc(OCCN2CCN(Cc3ccc4ccccc4n3)CC2)c2c1NC(=O)C2(C)C. The number of carbonyl (C=O) groups excluding carboxylic acids is 1. The van der Waals surface area contributed by atoms with Crippen LogP contribution in [0.4, 0.5) is 5.69 Å². The van der Waals surface area contributed by atoms with Crippen molar-refractivity contribution in [1.29, 1.82) is 0 Å². The van der Waals surface area contributed by atoms with Gasteiger partial charge in [0.05, 0.1) is 22.3 Å². The summed E-state index contributed by atoms with van der Waals surface area (Å²) in [6, 6.07) is 16.6. The van der Waals surface area contributed by atoms with E-state index in [1.54, 1.807) is 0 Å². The van der Waals surface area contributed by atoms with Crippen molar-refractivity contribution in [1.82, 2.24) is 14.8 Å². The lowest BCUT2D eigenvalue weighted by molar-refractivity contribution is -0.119. The molecule has 5 rings (SSSR count). The summed E-state index contributed by atoms with van der Waals surface area (Å²) < 4.78 is 6.20. The van der Waals surface area contributed by atoms with E-state index in [1.807, 2.05) is 39.0 Å². The van der Waals surface area contributed by atoms with E-state index in [0.717, 1.165) is 73.0 Å². The zero-order chi connectivity index (χ0) is 23.0. The molecule has 0 spiro atoms. The van der Waals surface area contributed by atoms with Crippen LogP contribution in [0.2, 0.25) is 0 Å². The van der Waals surface area contributed by atoms with Crippen molar-refractivity contribution in [2.75, 3.05) is 44.6 Å². The highest BCUT2D eigenvalue weighted by Crippen LogP contribution is 2.44. The molecule has 0 bridgehead atoms. The standard InChI is InChI=1S/C27H32N4O2/c1-19-8-11-23(24-25(19)29-26(32)27(24,2)3)33-17-16-30-12-14-31(15-13-30)18-21-10-9-20-6-4-5-7-22(20)28-21/h4-11H,12-18H2,1-3H3,(H,29,32). The summed E-state index contributed by atoms with van der Waals surface area (Å²) in [5, 5.41) is 4.22. The van der Waals surface area contributed by atoms with Crippen molar-refractivity contribution in [2.45, 2.75) is 32.7 Å². The fourth-order valence-corrected chi connectivity index (χ4v) is 4.85. The minimum atomic E-state index is -0.570. The van der Waals surface area contributed by atoms with Gasteiger partial charge in [0.15, 0.2) is 0 Å². The van der Waals surface area contributed by atoms with Gasteiger partial charge >= 0.3 is 0 Å². The van der Waals surface area contributed by atoms with Gasteiger partial charge in [0.2, 0.25) is 5.91 Å². The van der Waals surface area contributed by atoms with Crippen LogP contribution in [0.15, 0.2) is 48.5 Å². The van der Waals surface area contributed by atoms with Crippen LogP contribution >= 0.6 is 0 Å². The van der Waals surface area contributed by atoms with Crippen LogP contribution in [-0.4, -0.2) is 60.0 Å². The van der Waals surface area contributed by atoms with Crippen LogP contribution in [0.5, 0.6) is 5.75 Å². The molecule has 0 radical (unpaired) electrons. The fraction of sp³-hybridized carbons (Fsp3) is 0.407. The lowest BCUT2D eigenvalue weighted by Crippen LogP contribution is -2.47. The van der Waals surface area contributed by atoms with Crippen molar-refractivity contribution in [3.05, 3.63) is 65.4 Å². The Morgan fingerprint density at radius 2 is 1.76 bits per heavy atom. The number of piperazine rings is 1. The van der Waals surface area contributed by atoms with E-state index in [2.05, 4.69) is 45.4 Å². The second kappa shape index (κ2) is 8.76. The molecule has 0 unspecified atom stereocenters. The molecule has 3 heterocycles. The summed E-state index contributed by atoms with van der Waals surface area (Å²) in [6.07, 6.45) is 0. The average molecular weight is 445 g/mol. The molecule has 172 valence electrons. The van der Waals surface area contributed by atoms with E-state index in [9.17, 15) is 4.79 Å². The normalized spacial score (nSPS) is 18.3. The van der Waals surface area contributed by atoms with Crippen LogP contribution in [0.1, 0.15) is 30.7 Å². The molecule has 2 aliphatic heterocycles. The van der Waals surface area contributed by atoms with Gasteiger partial charge in [-0.15, -0.1) is 0 Å². The molecule has 6 nitrogen and oxygen atoms in total. The molecule has 2 aromatic carbocycles. The van der Waals surface area contributed by atoms with E-state index >= 15 is 0 Å². The van der Waals surface area contributed by atoms with Gasteiger partial charge in [-0.3, -0.25) is 19.6 Å². The largest absolute Gasteiger partial charge is 0.492 e. The Hall–Kier alpha value is -2.96. The molecule has 1 amide bonds. The van der Waals surface area contributed by atoms with E-state index in [1.165, 1.54) is 5.39 Å². The van der Waals surface area contributed by atoms with Gasteiger partial charge in [-0.1, -0.05) is 30.3 Å². The van der Waals surface area contributed by atoms with Gasteiger partial charge in [-0.2, -0.15) is 0 Å². The monoisotopic (exact) mass is 444 g/mol. The third kappa shape index (κ3) is 4.33. The minimum Gasteiger partial charge on any atom is -0.492 e. The summed E-state index contributed by atoms with van der Waals surface area (Å²) in [4.78, 5) is 22.2. The van der Waals surface area contributed by atoms with Gasteiger partial charge in [-0.05, 0) is 44.5 Å². The fourth-order valence-electron chi connectivity index (χ4n) is 4.85. The summed E-state index contributed by atoms with van der Waals surface area (Å²) in [7, 11) is 0. The Bertz CT molecular complexity index is 1180. The topological polar surface area (TPSA) is 57.7 Å². The molecule has 1 saturated heterocycles. The third-order valence-electron chi connectivity index (χ3n) is 6.98. The third-order valence-corrected chi connectivity index (χ3v) is 6.98. The Morgan fingerprint density at radius 1 is 1.00 bits per heavy atom. The van der Waals surface area contributed by atoms with Crippen molar-refractivity contribution in [3.8, 4) is 5.75 Å². The number of aryl methyl sites for hydroxylation is 1. The predicted molar refractivity (Wildman–Crippen MR) is 132 cm³/mol. The Balaban J connectivity index is 1.13. The molecule has 0 aliphatic carbocycles. The number of carbonyl (C=O) groups is 1. The lowest BCUT2D eigenvalue weighted by Gasteiger charge is -2.34.